The average molecular weight is 226 g/mol. The molecule has 0 aromatic carbocycles. The predicted octanol–water partition coefficient (Wildman–Crippen LogP) is 3.33. The molecular weight excluding hydrogens is 204 g/mol. The van der Waals surface area contributed by atoms with Gasteiger partial charge in [-0.05, 0) is 25.7 Å². The van der Waals surface area contributed by atoms with Crippen molar-refractivity contribution in [1.29, 1.82) is 0 Å². The SMILES string of the molecule is C1CCC2(CC1)COC1(CCCCC1)OO2. The van der Waals surface area contributed by atoms with Crippen molar-refractivity contribution in [2.45, 2.75) is 75.6 Å². The van der Waals surface area contributed by atoms with Crippen molar-refractivity contribution < 1.29 is 14.5 Å². The predicted molar refractivity (Wildman–Crippen MR) is 59.8 cm³/mol. The normalized spacial score (nSPS) is 33.0. The van der Waals surface area contributed by atoms with Gasteiger partial charge in [0.2, 0.25) is 5.79 Å². The molecule has 0 atom stereocenters. The van der Waals surface area contributed by atoms with Crippen molar-refractivity contribution in [2.24, 2.45) is 0 Å². The minimum atomic E-state index is -0.388. The maximum Gasteiger partial charge on any atom is 0.201 e. The fraction of sp³-hybridized carbons (Fsp3) is 1.00. The lowest BCUT2D eigenvalue weighted by atomic mass is 9.85. The Hall–Kier alpha value is -0.120. The van der Waals surface area contributed by atoms with E-state index in [2.05, 4.69) is 0 Å². The van der Waals surface area contributed by atoms with Crippen LogP contribution < -0.4 is 0 Å². The molecular formula is C13H22O3. The highest BCUT2D eigenvalue weighted by atomic mass is 17.2. The monoisotopic (exact) mass is 226 g/mol. The second-order valence-corrected chi connectivity index (χ2v) is 5.67. The third-order valence-electron chi connectivity index (χ3n) is 4.35. The zero-order valence-electron chi connectivity index (χ0n) is 10.0. The molecule has 1 heterocycles. The maximum absolute atomic E-state index is 6.05. The van der Waals surface area contributed by atoms with E-state index >= 15 is 0 Å². The summed E-state index contributed by atoms with van der Waals surface area (Å²) in [5.74, 6) is -0.388. The van der Waals surface area contributed by atoms with Crippen LogP contribution in [0.4, 0.5) is 0 Å². The zero-order chi connectivity index (χ0) is 10.9. The summed E-state index contributed by atoms with van der Waals surface area (Å²) in [6, 6.07) is 0. The molecule has 3 aliphatic rings. The van der Waals surface area contributed by atoms with Gasteiger partial charge in [-0.25, -0.2) is 9.78 Å². The second-order valence-electron chi connectivity index (χ2n) is 5.67. The molecule has 92 valence electrons. The van der Waals surface area contributed by atoms with Gasteiger partial charge in [-0.1, -0.05) is 25.7 Å². The summed E-state index contributed by atoms with van der Waals surface area (Å²) in [5, 5.41) is 0. The van der Waals surface area contributed by atoms with Crippen LogP contribution in [0.5, 0.6) is 0 Å². The number of hydrogen-bond acceptors (Lipinski definition) is 3. The van der Waals surface area contributed by atoms with E-state index in [4.69, 9.17) is 14.5 Å². The van der Waals surface area contributed by atoms with Crippen molar-refractivity contribution in [3.05, 3.63) is 0 Å². The molecule has 2 aliphatic carbocycles. The summed E-state index contributed by atoms with van der Waals surface area (Å²) >= 11 is 0. The van der Waals surface area contributed by atoms with E-state index in [9.17, 15) is 0 Å². The smallest absolute Gasteiger partial charge is 0.201 e. The average Bonchev–Trinajstić information content (AvgIpc) is 2.36. The maximum atomic E-state index is 6.05. The molecule has 3 fully saturated rings. The van der Waals surface area contributed by atoms with Crippen molar-refractivity contribution >= 4 is 0 Å². The molecule has 3 rings (SSSR count). The van der Waals surface area contributed by atoms with Gasteiger partial charge in [0.25, 0.3) is 0 Å². The first-order chi connectivity index (χ1) is 7.83. The highest BCUT2D eigenvalue weighted by molar-refractivity contribution is 4.87. The number of ether oxygens (including phenoxy) is 1. The van der Waals surface area contributed by atoms with Crippen LogP contribution in [0.2, 0.25) is 0 Å². The Morgan fingerprint density at radius 3 is 1.81 bits per heavy atom. The van der Waals surface area contributed by atoms with Crippen LogP contribution >= 0.6 is 0 Å². The molecule has 1 saturated heterocycles. The molecule has 2 saturated carbocycles. The van der Waals surface area contributed by atoms with Crippen molar-refractivity contribution in [3.8, 4) is 0 Å². The first-order valence-corrected chi connectivity index (χ1v) is 6.84. The Morgan fingerprint density at radius 1 is 0.625 bits per heavy atom. The first-order valence-electron chi connectivity index (χ1n) is 6.84. The van der Waals surface area contributed by atoms with Crippen LogP contribution in [0, 0.1) is 0 Å². The van der Waals surface area contributed by atoms with Crippen LogP contribution in [-0.4, -0.2) is 18.0 Å². The molecule has 0 bridgehead atoms. The minimum absolute atomic E-state index is 0.110. The van der Waals surface area contributed by atoms with Gasteiger partial charge in [0.05, 0.1) is 6.61 Å². The Balaban J connectivity index is 1.61. The van der Waals surface area contributed by atoms with Gasteiger partial charge in [-0.2, -0.15) is 0 Å². The molecule has 2 spiro atoms. The molecule has 16 heavy (non-hydrogen) atoms. The Labute approximate surface area is 97.4 Å². The Morgan fingerprint density at radius 2 is 1.25 bits per heavy atom. The Bertz CT molecular complexity index is 202. The van der Waals surface area contributed by atoms with Gasteiger partial charge in [-0.15, -0.1) is 0 Å². The highest BCUT2D eigenvalue weighted by Crippen LogP contribution is 2.42. The van der Waals surface area contributed by atoms with Crippen molar-refractivity contribution in [3.63, 3.8) is 0 Å². The van der Waals surface area contributed by atoms with E-state index in [0.717, 1.165) is 32.3 Å². The standard InChI is InChI=1S/C13H22O3/c1-3-7-12(8-4-1)11-14-13(16-15-12)9-5-2-6-10-13/h1-11H2. The van der Waals surface area contributed by atoms with Crippen LogP contribution in [0.3, 0.4) is 0 Å². The van der Waals surface area contributed by atoms with Gasteiger partial charge in [0.15, 0.2) is 0 Å². The van der Waals surface area contributed by atoms with Crippen LogP contribution in [0.1, 0.15) is 64.2 Å². The third kappa shape index (κ3) is 2.01. The zero-order valence-corrected chi connectivity index (χ0v) is 10.0. The van der Waals surface area contributed by atoms with Crippen molar-refractivity contribution in [1.82, 2.24) is 0 Å². The molecule has 0 N–H and O–H groups in total. The summed E-state index contributed by atoms with van der Waals surface area (Å²) in [6.45, 7) is 0.743. The molecule has 0 radical (unpaired) electrons. The van der Waals surface area contributed by atoms with Crippen molar-refractivity contribution in [2.75, 3.05) is 6.61 Å². The van der Waals surface area contributed by atoms with E-state index < -0.39 is 0 Å². The summed E-state index contributed by atoms with van der Waals surface area (Å²) in [5.41, 5.74) is -0.110. The van der Waals surface area contributed by atoms with E-state index in [0.29, 0.717) is 0 Å². The van der Waals surface area contributed by atoms with E-state index in [-0.39, 0.29) is 11.4 Å². The molecule has 0 amide bonds. The fourth-order valence-corrected chi connectivity index (χ4v) is 3.22. The first kappa shape index (κ1) is 11.0. The van der Waals surface area contributed by atoms with Gasteiger partial charge in [0, 0.05) is 12.8 Å². The number of hydrogen-bond donors (Lipinski definition) is 0. The highest BCUT2D eigenvalue weighted by Gasteiger charge is 2.47. The lowest BCUT2D eigenvalue weighted by Crippen LogP contribution is -2.53. The van der Waals surface area contributed by atoms with E-state index in [1.165, 1.54) is 38.5 Å². The Kier molecular flexibility index (Phi) is 2.94. The topological polar surface area (TPSA) is 27.7 Å². The minimum Gasteiger partial charge on any atom is -0.344 e. The van der Waals surface area contributed by atoms with Gasteiger partial charge < -0.3 is 4.74 Å². The third-order valence-corrected chi connectivity index (χ3v) is 4.35. The second kappa shape index (κ2) is 4.28. The summed E-state index contributed by atoms with van der Waals surface area (Å²) in [4.78, 5) is 11.5. The van der Waals surface area contributed by atoms with Gasteiger partial charge in [-0.3, -0.25) is 0 Å². The molecule has 3 nitrogen and oxygen atoms in total. The van der Waals surface area contributed by atoms with E-state index in [1.807, 2.05) is 0 Å². The molecule has 1 aliphatic heterocycles. The summed E-state index contributed by atoms with van der Waals surface area (Å²) < 4.78 is 6.05. The molecule has 0 aromatic rings. The van der Waals surface area contributed by atoms with Gasteiger partial charge >= 0.3 is 0 Å². The molecule has 3 heteroatoms. The quantitative estimate of drug-likeness (QED) is 0.593. The summed E-state index contributed by atoms with van der Waals surface area (Å²) in [7, 11) is 0. The lowest BCUT2D eigenvalue weighted by molar-refractivity contribution is -0.519. The molecule has 0 unspecified atom stereocenters. The van der Waals surface area contributed by atoms with Crippen LogP contribution in [-0.2, 0) is 14.5 Å². The lowest BCUT2D eigenvalue weighted by Gasteiger charge is -2.47. The van der Waals surface area contributed by atoms with Crippen LogP contribution in [0.15, 0.2) is 0 Å². The van der Waals surface area contributed by atoms with E-state index in [1.54, 1.807) is 0 Å². The van der Waals surface area contributed by atoms with Crippen LogP contribution in [0.25, 0.3) is 0 Å². The fourth-order valence-electron chi connectivity index (χ4n) is 3.22. The largest absolute Gasteiger partial charge is 0.344 e. The van der Waals surface area contributed by atoms with Gasteiger partial charge in [0.1, 0.15) is 5.60 Å². The number of rotatable bonds is 0. The molecule has 0 aromatic heterocycles. The summed E-state index contributed by atoms with van der Waals surface area (Å²) in [6.07, 6.45) is 11.8.